The van der Waals surface area contributed by atoms with Gasteiger partial charge in [0.05, 0.1) is 12.7 Å². The molecule has 96 valence electrons. The predicted molar refractivity (Wildman–Crippen MR) is 72.7 cm³/mol. The summed E-state index contributed by atoms with van der Waals surface area (Å²) >= 11 is 1.54. The van der Waals surface area contributed by atoms with Crippen LogP contribution in [-0.4, -0.2) is 32.7 Å². The van der Waals surface area contributed by atoms with Crippen LogP contribution in [0.25, 0.3) is 5.57 Å². The summed E-state index contributed by atoms with van der Waals surface area (Å²) in [5.41, 5.74) is 1.36. The van der Waals surface area contributed by atoms with Crippen molar-refractivity contribution in [3.63, 3.8) is 0 Å². The zero-order chi connectivity index (χ0) is 13.5. The summed E-state index contributed by atoms with van der Waals surface area (Å²) in [6.07, 6.45) is 4.18. The molecule has 0 saturated carbocycles. The zero-order valence-corrected chi connectivity index (χ0v) is 11.3. The number of esters is 1. The number of nitrogens with one attached hydrogen (secondary N) is 1. The summed E-state index contributed by atoms with van der Waals surface area (Å²) in [5.74, 6) is -0.481. The van der Waals surface area contributed by atoms with Gasteiger partial charge < -0.3 is 10.1 Å². The molecule has 1 aromatic carbocycles. The minimum atomic E-state index is -0.481. The molecule has 18 heavy (non-hydrogen) atoms. The van der Waals surface area contributed by atoms with Gasteiger partial charge in [0.1, 0.15) is 0 Å². The monoisotopic (exact) mass is 265 g/mol. The summed E-state index contributed by atoms with van der Waals surface area (Å²) in [4.78, 5) is 23.7. The summed E-state index contributed by atoms with van der Waals surface area (Å²) in [7, 11) is 2.99. The van der Waals surface area contributed by atoms with E-state index in [9.17, 15) is 9.59 Å². The second-order valence-electron chi connectivity index (χ2n) is 3.41. The second-order valence-corrected chi connectivity index (χ2v) is 4.29. The first-order chi connectivity index (χ1) is 8.67. The predicted octanol–water partition coefficient (Wildman–Crippen LogP) is 1.95. The zero-order valence-electron chi connectivity index (χ0n) is 10.5. The van der Waals surface area contributed by atoms with E-state index >= 15 is 0 Å². The highest BCUT2D eigenvalue weighted by molar-refractivity contribution is 7.98. The Hall–Kier alpha value is -1.75. The molecule has 0 atom stereocenters. The van der Waals surface area contributed by atoms with Crippen LogP contribution in [0.3, 0.4) is 0 Å². The van der Waals surface area contributed by atoms with Crippen LogP contribution in [0.5, 0.6) is 0 Å². The van der Waals surface area contributed by atoms with Crippen LogP contribution >= 0.6 is 11.8 Å². The molecule has 1 rings (SSSR count). The van der Waals surface area contributed by atoms with E-state index in [4.69, 9.17) is 4.74 Å². The van der Waals surface area contributed by atoms with Crippen molar-refractivity contribution in [2.75, 3.05) is 20.4 Å². The van der Waals surface area contributed by atoms with E-state index in [1.807, 2.05) is 12.3 Å². The van der Waals surface area contributed by atoms with E-state index in [0.717, 1.165) is 11.2 Å². The quantitative estimate of drug-likeness (QED) is 0.382. The minimum absolute atomic E-state index is 0.331. The highest BCUT2D eigenvalue weighted by atomic mass is 32.2. The molecule has 5 heteroatoms. The third-order valence-corrected chi connectivity index (χ3v) is 3.10. The summed E-state index contributed by atoms with van der Waals surface area (Å²) in [6, 6.07) is 5.33. The number of methoxy groups -OCH3 is 1. The van der Waals surface area contributed by atoms with Crippen molar-refractivity contribution in [1.82, 2.24) is 5.32 Å². The van der Waals surface area contributed by atoms with Gasteiger partial charge in [-0.3, -0.25) is 4.79 Å². The first-order valence-corrected chi connectivity index (χ1v) is 6.49. The average Bonchev–Trinajstić information content (AvgIpc) is 2.43. The van der Waals surface area contributed by atoms with E-state index in [0.29, 0.717) is 16.7 Å². The molecule has 0 saturated heterocycles. The van der Waals surface area contributed by atoms with Gasteiger partial charge in [-0.05, 0) is 24.5 Å². The van der Waals surface area contributed by atoms with Crippen LogP contribution in [0, 0.1) is 0 Å². The third-order valence-electron chi connectivity index (χ3n) is 2.37. The normalized spacial score (nSPS) is 10.9. The van der Waals surface area contributed by atoms with Crippen LogP contribution < -0.4 is 5.32 Å². The molecule has 4 nitrogen and oxygen atoms in total. The highest BCUT2D eigenvalue weighted by Gasteiger charge is 2.16. The molecule has 0 spiro atoms. The molecule has 0 amide bonds. The smallest absolute Gasteiger partial charge is 0.339 e. The van der Waals surface area contributed by atoms with Crippen LogP contribution in [0.1, 0.15) is 15.9 Å². The molecule has 1 N–H and O–H groups in total. The van der Waals surface area contributed by atoms with Gasteiger partial charge in [0.15, 0.2) is 6.29 Å². The van der Waals surface area contributed by atoms with Crippen molar-refractivity contribution in [2.24, 2.45) is 0 Å². The Morgan fingerprint density at radius 1 is 1.44 bits per heavy atom. The van der Waals surface area contributed by atoms with Crippen molar-refractivity contribution in [3.05, 3.63) is 35.5 Å². The summed E-state index contributed by atoms with van der Waals surface area (Å²) < 4.78 is 4.72. The fourth-order valence-electron chi connectivity index (χ4n) is 1.50. The maximum absolute atomic E-state index is 11.7. The molecule has 0 aliphatic carbocycles. The first-order valence-electron chi connectivity index (χ1n) is 5.27. The second kappa shape index (κ2) is 6.86. The van der Waals surface area contributed by atoms with E-state index in [2.05, 4.69) is 5.32 Å². The topological polar surface area (TPSA) is 55.4 Å². The summed E-state index contributed by atoms with van der Waals surface area (Å²) in [5, 5.41) is 2.78. The van der Waals surface area contributed by atoms with Gasteiger partial charge in [0, 0.05) is 29.3 Å². The van der Waals surface area contributed by atoms with E-state index < -0.39 is 5.97 Å². The number of thioether (sulfide) groups is 1. The number of hydrogen-bond donors (Lipinski definition) is 1. The largest absolute Gasteiger partial charge is 0.465 e. The lowest BCUT2D eigenvalue weighted by Gasteiger charge is -2.10. The minimum Gasteiger partial charge on any atom is -0.465 e. The SMILES string of the molecule is CN/C=C(/C(=O)OC)c1cc(SC)ccc1C=O. The number of ether oxygens (including phenoxy) is 1. The lowest BCUT2D eigenvalue weighted by atomic mass is 10.0. The maximum Gasteiger partial charge on any atom is 0.339 e. The van der Waals surface area contributed by atoms with Crippen molar-refractivity contribution in [1.29, 1.82) is 0 Å². The number of rotatable bonds is 5. The molecule has 0 aliphatic heterocycles. The maximum atomic E-state index is 11.7. The first kappa shape index (κ1) is 14.3. The number of carbonyl (C=O) groups is 2. The number of hydrogen-bond acceptors (Lipinski definition) is 5. The summed E-state index contributed by atoms with van der Waals surface area (Å²) in [6.45, 7) is 0. The van der Waals surface area contributed by atoms with Crippen molar-refractivity contribution < 1.29 is 14.3 Å². The molecule has 0 bridgehead atoms. The molecule has 0 aliphatic rings. The Morgan fingerprint density at radius 3 is 2.67 bits per heavy atom. The van der Waals surface area contributed by atoms with Gasteiger partial charge in [-0.2, -0.15) is 0 Å². The van der Waals surface area contributed by atoms with Crippen molar-refractivity contribution in [2.45, 2.75) is 4.90 Å². The molecule has 0 unspecified atom stereocenters. The fourth-order valence-corrected chi connectivity index (χ4v) is 1.94. The van der Waals surface area contributed by atoms with Crippen molar-refractivity contribution in [3.8, 4) is 0 Å². The van der Waals surface area contributed by atoms with Crippen LogP contribution in [0.2, 0.25) is 0 Å². The Kier molecular flexibility index (Phi) is 5.45. The molecule has 0 fully saturated rings. The molecular formula is C13H15NO3S. The number of benzene rings is 1. The molecule has 0 heterocycles. The van der Waals surface area contributed by atoms with Gasteiger partial charge >= 0.3 is 5.97 Å². The standard InChI is InChI=1S/C13H15NO3S/c1-14-7-12(13(16)17-2)11-6-10(18-3)5-4-9(11)8-15/h4-8,14H,1-3H3/b12-7+. The lowest BCUT2D eigenvalue weighted by molar-refractivity contribution is -0.133. The molecular weight excluding hydrogens is 250 g/mol. The van der Waals surface area contributed by atoms with Gasteiger partial charge in [-0.25, -0.2) is 4.79 Å². The molecule has 0 aromatic heterocycles. The Balaban J connectivity index is 3.38. The van der Waals surface area contributed by atoms with Crippen molar-refractivity contribution >= 4 is 29.6 Å². The van der Waals surface area contributed by atoms with E-state index in [1.165, 1.54) is 13.3 Å². The van der Waals surface area contributed by atoms with Gasteiger partial charge in [0.25, 0.3) is 0 Å². The lowest BCUT2D eigenvalue weighted by Crippen LogP contribution is -2.09. The number of carbonyl (C=O) groups excluding carboxylic acids is 2. The molecule has 0 radical (unpaired) electrons. The van der Waals surface area contributed by atoms with Crippen LogP contribution in [-0.2, 0) is 9.53 Å². The van der Waals surface area contributed by atoms with Crippen LogP contribution in [0.4, 0.5) is 0 Å². The molecule has 1 aromatic rings. The van der Waals surface area contributed by atoms with E-state index in [-0.39, 0.29) is 0 Å². The number of aldehydes is 1. The Labute approximate surface area is 110 Å². The fraction of sp³-hybridized carbons (Fsp3) is 0.231. The third kappa shape index (κ3) is 3.13. The van der Waals surface area contributed by atoms with Crippen LogP contribution in [0.15, 0.2) is 29.3 Å². The Morgan fingerprint density at radius 2 is 2.17 bits per heavy atom. The Bertz CT molecular complexity index is 483. The van der Waals surface area contributed by atoms with Gasteiger partial charge in [-0.15, -0.1) is 11.8 Å². The van der Waals surface area contributed by atoms with Gasteiger partial charge in [-0.1, -0.05) is 0 Å². The highest BCUT2D eigenvalue weighted by Crippen LogP contribution is 2.25. The van der Waals surface area contributed by atoms with E-state index in [1.54, 1.807) is 30.9 Å². The van der Waals surface area contributed by atoms with Gasteiger partial charge in [0.2, 0.25) is 0 Å². The average molecular weight is 265 g/mol.